The third-order valence-electron chi connectivity index (χ3n) is 3.60. The van der Waals surface area contributed by atoms with Gasteiger partial charge in [-0.25, -0.2) is 0 Å². The van der Waals surface area contributed by atoms with Crippen LogP contribution in [0.15, 0.2) is 12.4 Å². The van der Waals surface area contributed by atoms with Gasteiger partial charge in [0.15, 0.2) is 0 Å². The number of rotatable bonds is 4. The van der Waals surface area contributed by atoms with Crippen LogP contribution in [0.4, 0.5) is 0 Å². The number of likely N-dealkylation sites (tertiary alicyclic amines) is 1. The number of piperidine rings is 1. The molecular weight excluding hydrogens is 230 g/mol. The van der Waals surface area contributed by atoms with Crippen molar-refractivity contribution in [2.24, 2.45) is 13.0 Å². The fourth-order valence-corrected chi connectivity index (χ4v) is 2.45. The molecule has 1 saturated heterocycles. The Morgan fingerprint density at radius 3 is 2.78 bits per heavy atom. The van der Waals surface area contributed by atoms with Crippen molar-refractivity contribution in [3.63, 3.8) is 0 Å². The second-order valence-corrected chi connectivity index (χ2v) is 4.91. The predicted octanol–water partition coefficient (Wildman–Crippen LogP) is 0.848. The van der Waals surface area contributed by atoms with Gasteiger partial charge in [0, 0.05) is 19.8 Å². The molecule has 0 spiro atoms. The number of nitrogens with zero attached hydrogens (tertiary/aromatic N) is 3. The number of hydrogen-bond donors (Lipinski definition) is 0. The van der Waals surface area contributed by atoms with Crippen molar-refractivity contribution in [2.75, 3.05) is 26.7 Å². The van der Waals surface area contributed by atoms with E-state index < -0.39 is 0 Å². The maximum absolute atomic E-state index is 11.4. The fraction of sp³-hybridized carbons (Fsp3) is 0.692. The lowest BCUT2D eigenvalue weighted by molar-refractivity contribution is -0.147. The van der Waals surface area contributed by atoms with Crippen molar-refractivity contribution in [2.45, 2.75) is 19.3 Å². The Hall–Kier alpha value is -1.36. The highest BCUT2D eigenvalue weighted by Crippen LogP contribution is 2.18. The molecular formula is C13H21N3O2. The number of hydrogen-bond acceptors (Lipinski definition) is 4. The van der Waals surface area contributed by atoms with E-state index in [0.29, 0.717) is 0 Å². The minimum Gasteiger partial charge on any atom is -0.469 e. The Kier molecular flexibility index (Phi) is 4.36. The molecule has 0 atom stereocenters. The molecule has 0 radical (unpaired) electrons. The van der Waals surface area contributed by atoms with Crippen LogP contribution in [0, 0.1) is 5.92 Å². The number of esters is 1. The quantitative estimate of drug-likeness (QED) is 0.744. The van der Waals surface area contributed by atoms with Gasteiger partial charge in [-0.3, -0.25) is 9.48 Å². The summed E-state index contributed by atoms with van der Waals surface area (Å²) >= 11 is 0. The first kappa shape index (κ1) is 13.1. The Balaban J connectivity index is 1.72. The molecule has 0 aromatic carbocycles. The zero-order chi connectivity index (χ0) is 13.0. The van der Waals surface area contributed by atoms with Gasteiger partial charge in [0.2, 0.25) is 0 Å². The number of aryl methyl sites for hydroxylation is 1. The van der Waals surface area contributed by atoms with E-state index in [0.717, 1.165) is 38.9 Å². The lowest BCUT2D eigenvalue weighted by Crippen LogP contribution is -2.37. The van der Waals surface area contributed by atoms with Gasteiger partial charge >= 0.3 is 5.97 Å². The monoisotopic (exact) mass is 251 g/mol. The summed E-state index contributed by atoms with van der Waals surface area (Å²) in [6, 6.07) is 0. The number of ether oxygens (including phenoxy) is 1. The predicted molar refractivity (Wildman–Crippen MR) is 68.1 cm³/mol. The highest BCUT2D eigenvalue weighted by atomic mass is 16.5. The zero-order valence-electron chi connectivity index (χ0n) is 11.1. The Morgan fingerprint density at radius 2 is 2.22 bits per heavy atom. The summed E-state index contributed by atoms with van der Waals surface area (Å²) in [6.07, 6.45) is 6.83. The highest BCUT2D eigenvalue weighted by molar-refractivity contribution is 5.72. The molecule has 1 aromatic heterocycles. The SMILES string of the molecule is COC(=O)C1CCN(CCc2cnn(C)c2)CC1. The van der Waals surface area contributed by atoms with Crippen LogP contribution in [0.1, 0.15) is 18.4 Å². The van der Waals surface area contributed by atoms with Gasteiger partial charge in [-0.15, -0.1) is 0 Å². The summed E-state index contributed by atoms with van der Waals surface area (Å²) in [5.41, 5.74) is 1.27. The number of carbonyl (C=O) groups is 1. The molecule has 0 bridgehead atoms. The van der Waals surface area contributed by atoms with Crippen LogP contribution in [0.25, 0.3) is 0 Å². The van der Waals surface area contributed by atoms with Gasteiger partial charge in [-0.1, -0.05) is 0 Å². The second kappa shape index (κ2) is 6.00. The molecule has 1 aliphatic rings. The number of carbonyl (C=O) groups excluding carboxylic acids is 1. The summed E-state index contributed by atoms with van der Waals surface area (Å²) in [5.74, 6) is 0.0477. The first-order valence-corrected chi connectivity index (χ1v) is 6.46. The molecule has 2 rings (SSSR count). The Bertz CT molecular complexity index is 395. The van der Waals surface area contributed by atoms with Crippen molar-refractivity contribution in [1.29, 1.82) is 0 Å². The molecule has 100 valence electrons. The molecule has 0 N–H and O–H groups in total. The van der Waals surface area contributed by atoms with E-state index in [-0.39, 0.29) is 11.9 Å². The minimum atomic E-state index is -0.0538. The standard InChI is InChI=1S/C13H21N3O2/c1-15-10-11(9-14-15)3-6-16-7-4-12(5-8-16)13(17)18-2/h9-10,12H,3-8H2,1-2H3. The van der Waals surface area contributed by atoms with Gasteiger partial charge in [0.1, 0.15) is 0 Å². The molecule has 0 unspecified atom stereocenters. The third-order valence-corrected chi connectivity index (χ3v) is 3.60. The third kappa shape index (κ3) is 3.32. The van der Waals surface area contributed by atoms with Crippen LogP contribution in [0.2, 0.25) is 0 Å². The molecule has 0 amide bonds. The normalized spacial score (nSPS) is 17.9. The topological polar surface area (TPSA) is 47.4 Å². The van der Waals surface area contributed by atoms with Gasteiger partial charge in [-0.05, 0) is 37.9 Å². The molecule has 18 heavy (non-hydrogen) atoms. The first-order valence-electron chi connectivity index (χ1n) is 6.46. The average Bonchev–Trinajstić information content (AvgIpc) is 2.82. The largest absolute Gasteiger partial charge is 0.469 e. The summed E-state index contributed by atoms with van der Waals surface area (Å²) in [7, 11) is 3.41. The first-order chi connectivity index (χ1) is 8.69. The van der Waals surface area contributed by atoms with E-state index in [1.807, 2.05) is 17.9 Å². The summed E-state index contributed by atoms with van der Waals surface area (Å²) in [5, 5.41) is 4.16. The van der Waals surface area contributed by atoms with Crippen LogP contribution < -0.4 is 0 Å². The Labute approximate surface area is 108 Å². The maximum atomic E-state index is 11.4. The lowest BCUT2D eigenvalue weighted by atomic mass is 9.97. The Morgan fingerprint density at radius 1 is 1.50 bits per heavy atom. The van der Waals surface area contributed by atoms with Crippen LogP contribution in [0.5, 0.6) is 0 Å². The van der Waals surface area contributed by atoms with E-state index in [2.05, 4.69) is 16.2 Å². The number of aromatic nitrogens is 2. The number of methoxy groups -OCH3 is 1. The van der Waals surface area contributed by atoms with E-state index in [9.17, 15) is 4.79 Å². The summed E-state index contributed by atoms with van der Waals surface area (Å²) in [4.78, 5) is 13.8. The van der Waals surface area contributed by atoms with Crippen LogP contribution in [-0.2, 0) is 23.0 Å². The highest BCUT2D eigenvalue weighted by Gasteiger charge is 2.25. The molecule has 1 aliphatic heterocycles. The van der Waals surface area contributed by atoms with E-state index in [1.54, 1.807) is 0 Å². The maximum Gasteiger partial charge on any atom is 0.308 e. The van der Waals surface area contributed by atoms with E-state index >= 15 is 0 Å². The van der Waals surface area contributed by atoms with Crippen LogP contribution >= 0.6 is 0 Å². The molecule has 5 nitrogen and oxygen atoms in total. The van der Waals surface area contributed by atoms with Gasteiger partial charge in [-0.2, -0.15) is 5.10 Å². The molecule has 1 aromatic rings. The average molecular weight is 251 g/mol. The van der Waals surface area contributed by atoms with Gasteiger partial charge in [0.05, 0.1) is 19.2 Å². The van der Waals surface area contributed by atoms with Gasteiger partial charge in [0.25, 0.3) is 0 Å². The molecule has 5 heteroatoms. The second-order valence-electron chi connectivity index (χ2n) is 4.91. The van der Waals surface area contributed by atoms with Crippen molar-refractivity contribution in [1.82, 2.24) is 14.7 Å². The molecule has 0 saturated carbocycles. The molecule has 0 aliphatic carbocycles. The van der Waals surface area contributed by atoms with Crippen molar-refractivity contribution in [3.05, 3.63) is 18.0 Å². The smallest absolute Gasteiger partial charge is 0.308 e. The molecule has 1 fully saturated rings. The zero-order valence-corrected chi connectivity index (χ0v) is 11.1. The molecule has 2 heterocycles. The summed E-state index contributed by atoms with van der Waals surface area (Å²) < 4.78 is 6.62. The van der Waals surface area contributed by atoms with Crippen molar-refractivity contribution < 1.29 is 9.53 Å². The van der Waals surface area contributed by atoms with Crippen molar-refractivity contribution in [3.8, 4) is 0 Å². The van der Waals surface area contributed by atoms with Crippen LogP contribution in [-0.4, -0.2) is 47.4 Å². The van der Waals surface area contributed by atoms with E-state index in [1.165, 1.54) is 12.7 Å². The van der Waals surface area contributed by atoms with Crippen molar-refractivity contribution >= 4 is 5.97 Å². The van der Waals surface area contributed by atoms with Crippen LogP contribution in [0.3, 0.4) is 0 Å². The van der Waals surface area contributed by atoms with Gasteiger partial charge < -0.3 is 9.64 Å². The van der Waals surface area contributed by atoms with E-state index in [4.69, 9.17) is 4.74 Å². The lowest BCUT2D eigenvalue weighted by Gasteiger charge is -2.30. The minimum absolute atomic E-state index is 0.0538. The fourth-order valence-electron chi connectivity index (χ4n) is 2.45. The summed E-state index contributed by atoms with van der Waals surface area (Å²) in [6.45, 7) is 3.01.